The predicted octanol–water partition coefficient (Wildman–Crippen LogP) is 2.93. The lowest BCUT2D eigenvalue weighted by Crippen LogP contribution is -2.51. The third-order valence-electron chi connectivity index (χ3n) is 4.99. The van der Waals surface area contributed by atoms with Gasteiger partial charge in [0.05, 0.1) is 0 Å². The minimum absolute atomic E-state index is 0.0402. The SMILES string of the molecule is CC(=O)c1ccc(N2CCN(C(=O)NCc3cnc(C)cc3C)CC2)cc1. The van der Waals surface area contributed by atoms with Crippen molar-refractivity contribution in [2.24, 2.45) is 0 Å². The number of anilines is 1. The number of hydrogen-bond acceptors (Lipinski definition) is 4. The first kappa shape index (κ1) is 18.9. The van der Waals surface area contributed by atoms with E-state index in [0.29, 0.717) is 19.6 Å². The molecule has 0 unspecified atom stereocenters. The Labute approximate surface area is 160 Å². The monoisotopic (exact) mass is 366 g/mol. The molecule has 0 saturated carbocycles. The van der Waals surface area contributed by atoms with Gasteiger partial charge < -0.3 is 15.1 Å². The van der Waals surface area contributed by atoms with Crippen molar-refractivity contribution in [3.05, 3.63) is 58.9 Å². The highest BCUT2D eigenvalue weighted by Crippen LogP contribution is 2.18. The minimum Gasteiger partial charge on any atom is -0.368 e. The lowest BCUT2D eigenvalue weighted by molar-refractivity contribution is 0.101. The highest BCUT2D eigenvalue weighted by Gasteiger charge is 2.21. The van der Waals surface area contributed by atoms with E-state index in [1.54, 1.807) is 6.92 Å². The molecule has 1 aliphatic rings. The van der Waals surface area contributed by atoms with Crippen molar-refractivity contribution in [3.8, 4) is 0 Å². The molecule has 1 aromatic carbocycles. The summed E-state index contributed by atoms with van der Waals surface area (Å²) < 4.78 is 0. The number of pyridine rings is 1. The zero-order valence-electron chi connectivity index (χ0n) is 16.2. The summed E-state index contributed by atoms with van der Waals surface area (Å²) in [5.74, 6) is 0.0713. The van der Waals surface area contributed by atoms with Gasteiger partial charge in [-0.15, -0.1) is 0 Å². The summed E-state index contributed by atoms with van der Waals surface area (Å²) in [5.41, 5.74) is 4.97. The topological polar surface area (TPSA) is 65.5 Å². The molecule has 1 aliphatic heterocycles. The second-order valence-corrected chi connectivity index (χ2v) is 6.99. The smallest absolute Gasteiger partial charge is 0.317 e. The van der Waals surface area contributed by atoms with Crippen LogP contribution in [0, 0.1) is 13.8 Å². The first-order valence-electron chi connectivity index (χ1n) is 9.25. The van der Waals surface area contributed by atoms with E-state index < -0.39 is 0 Å². The van der Waals surface area contributed by atoms with E-state index in [-0.39, 0.29) is 11.8 Å². The van der Waals surface area contributed by atoms with Crippen molar-refractivity contribution < 1.29 is 9.59 Å². The molecule has 2 amide bonds. The maximum absolute atomic E-state index is 12.5. The van der Waals surface area contributed by atoms with Gasteiger partial charge in [0.1, 0.15) is 0 Å². The molecule has 6 nitrogen and oxygen atoms in total. The number of hydrogen-bond donors (Lipinski definition) is 1. The van der Waals surface area contributed by atoms with E-state index in [9.17, 15) is 9.59 Å². The maximum Gasteiger partial charge on any atom is 0.317 e. The highest BCUT2D eigenvalue weighted by molar-refractivity contribution is 5.94. The number of rotatable bonds is 4. The first-order chi connectivity index (χ1) is 12.9. The second-order valence-electron chi connectivity index (χ2n) is 6.99. The van der Waals surface area contributed by atoms with Gasteiger partial charge in [-0.05, 0) is 62.2 Å². The molecule has 1 N–H and O–H groups in total. The summed E-state index contributed by atoms with van der Waals surface area (Å²) in [6, 6.07) is 9.64. The van der Waals surface area contributed by atoms with Crippen LogP contribution in [0.15, 0.2) is 36.5 Å². The molecule has 142 valence electrons. The summed E-state index contributed by atoms with van der Waals surface area (Å²) >= 11 is 0. The van der Waals surface area contributed by atoms with E-state index >= 15 is 0 Å². The molecule has 1 fully saturated rings. The van der Waals surface area contributed by atoms with Crippen molar-refractivity contribution in [1.82, 2.24) is 15.2 Å². The van der Waals surface area contributed by atoms with Gasteiger partial charge in [-0.25, -0.2) is 4.79 Å². The van der Waals surface area contributed by atoms with Crippen molar-refractivity contribution in [3.63, 3.8) is 0 Å². The van der Waals surface area contributed by atoms with Crippen molar-refractivity contribution >= 4 is 17.5 Å². The Hall–Kier alpha value is -2.89. The van der Waals surface area contributed by atoms with E-state index in [0.717, 1.165) is 41.2 Å². The lowest BCUT2D eigenvalue weighted by atomic mass is 10.1. The van der Waals surface area contributed by atoms with Crippen LogP contribution in [0.1, 0.15) is 34.1 Å². The number of aromatic nitrogens is 1. The quantitative estimate of drug-likeness (QED) is 0.845. The number of urea groups is 1. The molecular formula is C21H26N4O2. The van der Waals surface area contributed by atoms with E-state index in [1.807, 2.05) is 55.3 Å². The number of carbonyl (C=O) groups excluding carboxylic acids is 2. The zero-order valence-corrected chi connectivity index (χ0v) is 16.2. The zero-order chi connectivity index (χ0) is 19.4. The predicted molar refractivity (Wildman–Crippen MR) is 106 cm³/mol. The minimum atomic E-state index is -0.0402. The van der Waals surface area contributed by atoms with Crippen LogP contribution in [0.5, 0.6) is 0 Å². The number of nitrogens with one attached hydrogen (secondary N) is 1. The normalized spacial score (nSPS) is 14.2. The highest BCUT2D eigenvalue weighted by atomic mass is 16.2. The van der Waals surface area contributed by atoms with Gasteiger partial charge in [0.15, 0.2) is 5.78 Å². The number of carbonyl (C=O) groups is 2. The Kier molecular flexibility index (Phi) is 5.74. The molecule has 0 atom stereocenters. The summed E-state index contributed by atoms with van der Waals surface area (Å²) in [6.07, 6.45) is 1.83. The molecule has 27 heavy (non-hydrogen) atoms. The van der Waals surface area contributed by atoms with Gasteiger partial charge in [0.25, 0.3) is 0 Å². The molecule has 6 heteroatoms. The fourth-order valence-electron chi connectivity index (χ4n) is 3.27. The Bertz CT molecular complexity index is 825. The van der Waals surface area contributed by atoms with Crippen LogP contribution in [0.4, 0.5) is 10.5 Å². The van der Waals surface area contributed by atoms with Gasteiger partial charge in [-0.3, -0.25) is 9.78 Å². The summed E-state index contributed by atoms with van der Waals surface area (Å²) in [4.78, 5) is 32.2. The summed E-state index contributed by atoms with van der Waals surface area (Å²) in [5, 5.41) is 2.99. The number of benzene rings is 1. The van der Waals surface area contributed by atoms with Gasteiger partial charge >= 0.3 is 6.03 Å². The Balaban J connectivity index is 1.51. The number of Topliss-reactive ketones (excluding diaryl/α,β-unsaturated/α-hetero) is 1. The van der Waals surface area contributed by atoms with Gasteiger partial charge in [-0.1, -0.05) is 0 Å². The van der Waals surface area contributed by atoms with Crippen LogP contribution in [-0.4, -0.2) is 47.9 Å². The van der Waals surface area contributed by atoms with Crippen LogP contribution in [0.3, 0.4) is 0 Å². The summed E-state index contributed by atoms with van der Waals surface area (Å²) in [6.45, 7) is 8.95. The van der Waals surface area contributed by atoms with Crippen LogP contribution >= 0.6 is 0 Å². The van der Waals surface area contributed by atoms with Crippen LogP contribution in [0.2, 0.25) is 0 Å². The van der Waals surface area contributed by atoms with E-state index in [4.69, 9.17) is 0 Å². The molecule has 0 aliphatic carbocycles. The van der Waals surface area contributed by atoms with Crippen LogP contribution in [0.25, 0.3) is 0 Å². The van der Waals surface area contributed by atoms with Crippen LogP contribution in [-0.2, 0) is 6.54 Å². The van der Waals surface area contributed by atoms with Crippen LogP contribution < -0.4 is 10.2 Å². The first-order valence-corrected chi connectivity index (χ1v) is 9.25. The lowest BCUT2D eigenvalue weighted by Gasteiger charge is -2.36. The molecule has 0 radical (unpaired) electrons. The van der Waals surface area contributed by atoms with Crippen molar-refractivity contribution in [2.45, 2.75) is 27.3 Å². The Morgan fingerprint density at radius 2 is 1.74 bits per heavy atom. The van der Waals surface area contributed by atoms with Crippen molar-refractivity contribution in [1.29, 1.82) is 0 Å². The Morgan fingerprint density at radius 3 is 2.33 bits per heavy atom. The van der Waals surface area contributed by atoms with Gasteiger partial charge in [-0.2, -0.15) is 0 Å². The molecule has 1 saturated heterocycles. The molecule has 2 aromatic rings. The van der Waals surface area contributed by atoms with E-state index in [2.05, 4.69) is 15.2 Å². The molecule has 0 bridgehead atoms. The third kappa shape index (κ3) is 4.64. The molecule has 0 spiro atoms. The Morgan fingerprint density at radius 1 is 1.07 bits per heavy atom. The fraction of sp³-hybridized carbons (Fsp3) is 0.381. The molecule has 2 heterocycles. The summed E-state index contributed by atoms with van der Waals surface area (Å²) in [7, 11) is 0. The fourth-order valence-corrected chi connectivity index (χ4v) is 3.27. The number of amides is 2. The number of ketones is 1. The van der Waals surface area contributed by atoms with E-state index in [1.165, 1.54) is 0 Å². The molecule has 1 aromatic heterocycles. The standard InChI is InChI=1S/C21H26N4O2/c1-15-12-16(2)22-13-19(15)14-23-21(27)25-10-8-24(9-11-25)20-6-4-18(5-7-20)17(3)26/h4-7,12-13H,8-11,14H2,1-3H3,(H,23,27). The number of nitrogens with zero attached hydrogens (tertiary/aromatic N) is 3. The molecule has 3 rings (SSSR count). The van der Waals surface area contributed by atoms with Gasteiger partial charge in [0, 0.05) is 55.9 Å². The number of piperazine rings is 1. The maximum atomic E-state index is 12.5. The average molecular weight is 366 g/mol. The average Bonchev–Trinajstić information content (AvgIpc) is 2.67. The largest absolute Gasteiger partial charge is 0.368 e. The second kappa shape index (κ2) is 8.20. The van der Waals surface area contributed by atoms with Crippen molar-refractivity contribution in [2.75, 3.05) is 31.1 Å². The van der Waals surface area contributed by atoms with Gasteiger partial charge in [0.2, 0.25) is 0 Å². The third-order valence-corrected chi connectivity index (χ3v) is 4.99. The molecular weight excluding hydrogens is 340 g/mol. The number of aryl methyl sites for hydroxylation is 2.